The number of thiocarbonyl (C=S) groups is 1. The van der Waals surface area contributed by atoms with E-state index in [4.69, 9.17) is 18.0 Å². The van der Waals surface area contributed by atoms with Crippen LogP contribution in [0.15, 0.2) is 12.4 Å². The molecule has 14 heavy (non-hydrogen) atoms. The van der Waals surface area contributed by atoms with Gasteiger partial charge in [-0.1, -0.05) is 31.5 Å². The number of rotatable bonds is 2. The molecule has 1 heterocycles. The number of nitrogens with two attached hydrogens (primary N) is 1. The maximum absolute atomic E-state index is 5.53. The summed E-state index contributed by atoms with van der Waals surface area (Å²) in [4.78, 5) is 0.437. The number of nitrogens with zero attached hydrogens (tertiary/aromatic N) is 2. The Morgan fingerprint density at radius 2 is 2.14 bits per heavy atom. The van der Waals surface area contributed by atoms with E-state index >= 15 is 0 Å². The second-order valence-corrected chi connectivity index (χ2v) is 4.30. The van der Waals surface area contributed by atoms with Gasteiger partial charge in [-0.25, -0.2) is 0 Å². The number of hydrogen-bond donors (Lipinski definition) is 1. The molecule has 1 aliphatic rings. The van der Waals surface area contributed by atoms with Gasteiger partial charge in [-0.05, 0) is 12.8 Å². The highest BCUT2D eigenvalue weighted by atomic mass is 32.1. The highest BCUT2D eigenvalue weighted by Crippen LogP contribution is 2.27. The van der Waals surface area contributed by atoms with Crippen LogP contribution in [0.25, 0.3) is 0 Å². The number of aromatic nitrogens is 2. The van der Waals surface area contributed by atoms with Crippen molar-refractivity contribution in [1.29, 1.82) is 0 Å². The molecule has 0 saturated heterocycles. The fourth-order valence-electron chi connectivity index (χ4n) is 2.01. The van der Waals surface area contributed by atoms with Crippen LogP contribution in [-0.2, 0) is 0 Å². The van der Waals surface area contributed by atoms with Crippen molar-refractivity contribution in [3.8, 4) is 0 Å². The minimum absolute atomic E-state index is 0.437. The van der Waals surface area contributed by atoms with E-state index in [-0.39, 0.29) is 0 Å². The van der Waals surface area contributed by atoms with Crippen molar-refractivity contribution in [2.45, 2.75) is 38.1 Å². The lowest BCUT2D eigenvalue weighted by Gasteiger charge is -2.21. The summed E-state index contributed by atoms with van der Waals surface area (Å²) in [7, 11) is 0. The van der Waals surface area contributed by atoms with Gasteiger partial charge in [0.15, 0.2) is 0 Å². The van der Waals surface area contributed by atoms with Crippen molar-refractivity contribution in [1.82, 2.24) is 9.78 Å². The largest absolute Gasteiger partial charge is 0.389 e. The highest BCUT2D eigenvalue weighted by Gasteiger charge is 2.16. The maximum Gasteiger partial charge on any atom is 0.107 e. The smallest absolute Gasteiger partial charge is 0.107 e. The zero-order valence-electron chi connectivity index (χ0n) is 8.15. The lowest BCUT2D eigenvalue weighted by Crippen LogP contribution is -2.13. The minimum atomic E-state index is 0.437. The molecule has 1 aromatic heterocycles. The van der Waals surface area contributed by atoms with Crippen LogP contribution in [0.4, 0.5) is 0 Å². The molecule has 0 atom stereocenters. The van der Waals surface area contributed by atoms with E-state index in [2.05, 4.69) is 5.10 Å². The van der Waals surface area contributed by atoms with Gasteiger partial charge in [0.25, 0.3) is 0 Å². The van der Waals surface area contributed by atoms with Gasteiger partial charge in [0.2, 0.25) is 0 Å². The molecule has 1 aromatic rings. The van der Waals surface area contributed by atoms with Crippen molar-refractivity contribution in [3.63, 3.8) is 0 Å². The van der Waals surface area contributed by atoms with E-state index in [1.165, 1.54) is 32.1 Å². The summed E-state index contributed by atoms with van der Waals surface area (Å²) >= 11 is 4.90. The van der Waals surface area contributed by atoms with Crippen LogP contribution in [0.3, 0.4) is 0 Å². The number of hydrogen-bond acceptors (Lipinski definition) is 2. The van der Waals surface area contributed by atoms with Crippen molar-refractivity contribution in [3.05, 3.63) is 18.0 Å². The monoisotopic (exact) mass is 209 g/mol. The minimum Gasteiger partial charge on any atom is -0.389 e. The first-order chi connectivity index (χ1) is 6.77. The summed E-state index contributed by atoms with van der Waals surface area (Å²) in [5.74, 6) is 0. The molecular formula is C10H15N3S. The van der Waals surface area contributed by atoms with Crippen LogP contribution in [0.5, 0.6) is 0 Å². The van der Waals surface area contributed by atoms with Gasteiger partial charge in [-0.2, -0.15) is 5.10 Å². The predicted octanol–water partition coefficient (Wildman–Crippen LogP) is 2.02. The molecule has 76 valence electrons. The van der Waals surface area contributed by atoms with Gasteiger partial charge < -0.3 is 5.73 Å². The zero-order valence-corrected chi connectivity index (χ0v) is 8.96. The molecule has 0 aromatic carbocycles. The molecule has 0 unspecified atom stereocenters. The predicted molar refractivity (Wildman–Crippen MR) is 60.2 cm³/mol. The van der Waals surface area contributed by atoms with Gasteiger partial charge in [0, 0.05) is 11.8 Å². The third kappa shape index (κ3) is 1.95. The molecule has 1 aliphatic carbocycles. The molecule has 0 amide bonds. The van der Waals surface area contributed by atoms with Crippen LogP contribution < -0.4 is 5.73 Å². The normalized spacial score (nSPS) is 18.3. The van der Waals surface area contributed by atoms with Crippen molar-refractivity contribution < 1.29 is 0 Å². The first-order valence-electron chi connectivity index (χ1n) is 5.11. The van der Waals surface area contributed by atoms with Gasteiger partial charge in [0.05, 0.1) is 12.2 Å². The summed E-state index contributed by atoms with van der Waals surface area (Å²) in [6.45, 7) is 0. The first kappa shape index (κ1) is 9.65. The summed E-state index contributed by atoms with van der Waals surface area (Å²) in [5, 5.41) is 4.31. The van der Waals surface area contributed by atoms with Crippen LogP contribution in [0, 0.1) is 0 Å². The Hall–Kier alpha value is -0.900. The Labute approximate surface area is 89.3 Å². The lowest BCUT2D eigenvalue weighted by atomic mass is 9.96. The molecule has 0 spiro atoms. The molecule has 2 rings (SSSR count). The Morgan fingerprint density at radius 3 is 2.71 bits per heavy atom. The van der Waals surface area contributed by atoms with Gasteiger partial charge in [-0.3, -0.25) is 4.68 Å². The van der Waals surface area contributed by atoms with Crippen LogP contribution in [0.2, 0.25) is 0 Å². The summed E-state index contributed by atoms with van der Waals surface area (Å²) in [5.41, 5.74) is 6.41. The highest BCUT2D eigenvalue weighted by molar-refractivity contribution is 7.80. The van der Waals surface area contributed by atoms with Gasteiger partial charge >= 0.3 is 0 Å². The Bertz CT molecular complexity index is 326. The molecule has 4 heteroatoms. The van der Waals surface area contributed by atoms with E-state index in [1.54, 1.807) is 6.20 Å². The van der Waals surface area contributed by atoms with E-state index in [9.17, 15) is 0 Å². The van der Waals surface area contributed by atoms with Crippen molar-refractivity contribution >= 4 is 17.2 Å². The molecule has 3 nitrogen and oxygen atoms in total. The second kappa shape index (κ2) is 4.09. The lowest BCUT2D eigenvalue weighted by molar-refractivity contribution is 0.329. The average molecular weight is 209 g/mol. The first-order valence-corrected chi connectivity index (χ1v) is 5.52. The van der Waals surface area contributed by atoms with Gasteiger partial charge in [-0.15, -0.1) is 0 Å². The molecule has 0 radical (unpaired) electrons. The van der Waals surface area contributed by atoms with E-state index in [0.29, 0.717) is 11.0 Å². The van der Waals surface area contributed by atoms with Crippen molar-refractivity contribution in [2.24, 2.45) is 5.73 Å². The SMILES string of the molecule is NC(=S)c1cnn(C2CCCCC2)c1. The standard InChI is InChI=1S/C10H15N3S/c11-10(14)8-6-12-13(7-8)9-4-2-1-3-5-9/h6-7,9H,1-5H2,(H2,11,14). The van der Waals surface area contributed by atoms with E-state index < -0.39 is 0 Å². The Kier molecular flexibility index (Phi) is 2.82. The fraction of sp³-hybridized carbons (Fsp3) is 0.600. The van der Waals surface area contributed by atoms with E-state index in [0.717, 1.165) is 5.56 Å². The average Bonchev–Trinajstić information content (AvgIpc) is 2.68. The summed E-state index contributed by atoms with van der Waals surface area (Å²) < 4.78 is 2.02. The molecule has 0 bridgehead atoms. The van der Waals surface area contributed by atoms with Crippen molar-refractivity contribution in [2.75, 3.05) is 0 Å². The van der Waals surface area contributed by atoms with E-state index in [1.807, 2.05) is 10.9 Å². The van der Waals surface area contributed by atoms with Crippen LogP contribution in [-0.4, -0.2) is 14.8 Å². The Balaban J connectivity index is 2.11. The van der Waals surface area contributed by atoms with Crippen LogP contribution in [0.1, 0.15) is 43.7 Å². The molecule has 1 saturated carbocycles. The third-order valence-corrected chi connectivity index (χ3v) is 3.07. The second-order valence-electron chi connectivity index (χ2n) is 3.87. The molecule has 1 fully saturated rings. The fourth-order valence-corrected chi connectivity index (χ4v) is 2.12. The summed E-state index contributed by atoms with van der Waals surface area (Å²) in [6.07, 6.45) is 10.2. The quantitative estimate of drug-likeness (QED) is 0.758. The Morgan fingerprint density at radius 1 is 1.43 bits per heavy atom. The molecular weight excluding hydrogens is 194 g/mol. The zero-order chi connectivity index (χ0) is 9.97. The third-order valence-electron chi connectivity index (χ3n) is 2.83. The molecule has 0 aliphatic heterocycles. The summed E-state index contributed by atoms with van der Waals surface area (Å²) in [6, 6.07) is 0.562. The van der Waals surface area contributed by atoms with Crippen LogP contribution >= 0.6 is 12.2 Å². The molecule has 2 N–H and O–H groups in total. The van der Waals surface area contributed by atoms with Gasteiger partial charge in [0.1, 0.15) is 4.99 Å². The maximum atomic E-state index is 5.53. The topological polar surface area (TPSA) is 43.8 Å².